The maximum Gasteiger partial charge on any atom is 0.410 e. The molecule has 0 aromatic carbocycles. The number of fused-ring (bicyclic) bond motifs is 2. The number of carbonyl (C=O) groups excluding carboxylic acids is 2. The summed E-state index contributed by atoms with van der Waals surface area (Å²) in [5, 5.41) is 3.56. The summed E-state index contributed by atoms with van der Waals surface area (Å²) in [7, 11) is 0. The normalized spacial score (nSPS) is 16.3. The van der Waals surface area contributed by atoms with Crippen LogP contribution in [0.2, 0.25) is 0 Å². The zero-order chi connectivity index (χ0) is 19.9. The van der Waals surface area contributed by atoms with Crippen molar-refractivity contribution in [2.24, 2.45) is 0 Å². The standard InChI is InChI=1S/C20H25N3O3S2/c1-20(2,3)26-19(25)23-9-8-13-16(11-23)28-18(21-13)22-17(24)15-10-12-6-4-5-7-14(12)27-15/h10H,4-9,11H2,1-3H3,(H,21,22,24). The zero-order valence-electron chi connectivity index (χ0n) is 16.5. The molecular weight excluding hydrogens is 394 g/mol. The number of hydrogen-bond donors (Lipinski definition) is 1. The molecule has 1 aliphatic heterocycles. The molecule has 0 radical (unpaired) electrons. The number of aryl methyl sites for hydroxylation is 2. The van der Waals surface area contributed by atoms with Gasteiger partial charge < -0.3 is 9.64 Å². The highest BCUT2D eigenvalue weighted by atomic mass is 32.1. The van der Waals surface area contributed by atoms with E-state index in [0.29, 0.717) is 24.6 Å². The number of ether oxygens (including phenoxy) is 1. The van der Waals surface area contributed by atoms with Gasteiger partial charge in [0, 0.05) is 22.7 Å². The van der Waals surface area contributed by atoms with E-state index in [0.717, 1.165) is 28.3 Å². The Kier molecular flexibility index (Phi) is 5.18. The van der Waals surface area contributed by atoms with Gasteiger partial charge in [-0.25, -0.2) is 9.78 Å². The molecule has 1 aliphatic carbocycles. The number of thiophene rings is 1. The zero-order valence-corrected chi connectivity index (χ0v) is 18.1. The summed E-state index contributed by atoms with van der Waals surface area (Å²) in [5.41, 5.74) is 1.78. The Morgan fingerprint density at radius 1 is 1.14 bits per heavy atom. The number of hydrogen-bond acceptors (Lipinski definition) is 6. The Balaban J connectivity index is 1.42. The number of aromatic nitrogens is 1. The smallest absolute Gasteiger partial charge is 0.410 e. The van der Waals surface area contributed by atoms with Gasteiger partial charge in [0.15, 0.2) is 5.13 Å². The van der Waals surface area contributed by atoms with E-state index in [4.69, 9.17) is 4.74 Å². The fourth-order valence-corrected chi connectivity index (χ4v) is 5.66. The second-order valence-corrected chi connectivity index (χ2v) is 10.5. The molecule has 150 valence electrons. The first kappa shape index (κ1) is 19.4. The van der Waals surface area contributed by atoms with E-state index >= 15 is 0 Å². The van der Waals surface area contributed by atoms with E-state index in [2.05, 4.69) is 10.3 Å². The van der Waals surface area contributed by atoms with Crippen molar-refractivity contribution in [3.8, 4) is 0 Å². The second-order valence-electron chi connectivity index (χ2n) is 8.26. The SMILES string of the molecule is CC(C)(C)OC(=O)N1CCc2nc(NC(=O)c3cc4c(s3)CCCC4)sc2C1. The highest BCUT2D eigenvalue weighted by molar-refractivity contribution is 7.16. The largest absolute Gasteiger partial charge is 0.444 e. The number of anilines is 1. The summed E-state index contributed by atoms with van der Waals surface area (Å²) < 4.78 is 5.46. The molecule has 2 aromatic heterocycles. The number of nitrogens with one attached hydrogen (secondary N) is 1. The summed E-state index contributed by atoms with van der Waals surface area (Å²) in [6, 6.07) is 2.03. The molecule has 0 saturated heterocycles. The summed E-state index contributed by atoms with van der Waals surface area (Å²) >= 11 is 3.05. The lowest BCUT2D eigenvalue weighted by Gasteiger charge is -2.29. The third-order valence-corrected chi connectivity index (χ3v) is 7.06. The molecule has 0 saturated carbocycles. The van der Waals surface area contributed by atoms with Gasteiger partial charge in [0.25, 0.3) is 5.91 Å². The van der Waals surface area contributed by atoms with Crippen LogP contribution in [0.4, 0.5) is 9.93 Å². The minimum absolute atomic E-state index is 0.0884. The van der Waals surface area contributed by atoms with Crippen LogP contribution in [-0.2, 0) is 30.5 Å². The van der Waals surface area contributed by atoms with Crippen molar-refractivity contribution in [2.45, 2.75) is 65.0 Å². The molecule has 0 unspecified atom stereocenters. The molecule has 2 amide bonds. The number of carbonyl (C=O) groups is 2. The molecule has 0 spiro atoms. The molecule has 4 rings (SSSR count). The average molecular weight is 420 g/mol. The third-order valence-electron chi connectivity index (χ3n) is 4.82. The molecule has 28 heavy (non-hydrogen) atoms. The van der Waals surface area contributed by atoms with Crippen LogP contribution in [0.3, 0.4) is 0 Å². The number of thiazole rings is 1. The van der Waals surface area contributed by atoms with E-state index in [9.17, 15) is 9.59 Å². The Hall–Kier alpha value is -1.93. The lowest BCUT2D eigenvalue weighted by atomic mass is 9.99. The molecule has 0 bridgehead atoms. The third kappa shape index (κ3) is 4.22. The van der Waals surface area contributed by atoms with Crippen molar-refractivity contribution in [2.75, 3.05) is 11.9 Å². The van der Waals surface area contributed by atoms with Gasteiger partial charge in [-0.3, -0.25) is 10.1 Å². The van der Waals surface area contributed by atoms with Crippen molar-refractivity contribution in [1.82, 2.24) is 9.88 Å². The van der Waals surface area contributed by atoms with Gasteiger partial charge in [0.2, 0.25) is 0 Å². The van der Waals surface area contributed by atoms with Crippen molar-refractivity contribution < 1.29 is 14.3 Å². The van der Waals surface area contributed by atoms with Crippen molar-refractivity contribution in [3.05, 3.63) is 32.0 Å². The van der Waals surface area contributed by atoms with E-state index in [1.165, 1.54) is 34.6 Å². The van der Waals surface area contributed by atoms with Crippen LogP contribution in [-0.4, -0.2) is 34.0 Å². The Labute approximate surface area is 172 Å². The van der Waals surface area contributed by atoms with E-state index in [1.807, 2.05) is 26.8 Å². The van der Waals surface area contributed by atoms with E-state index in [1.54, 1.807) is 16.2 Å². The van der Waals surface area contributed by atoms with Crippen molar-refractivity contribution in [1.29, 1.82) is 0 Å². The molecule has 8 heteroatoms. The van der Waals surface area contributed by atoms with Gasteiger partial charge in [0.1, 0.15) is 5.60 Å². The first-order chi connectivity index (χ1) is 13.3. The van der Waals surface area contributed by atoms with E-state index < -0.39 is 5.60 Å². The topological polar surface area (TPSA) is 71.5 Å². The van der Waals surface area contributed by atoms with Crippen LogP contribution in [0.25, 0.3) is 0 Å². The fraction of sp³-hybridized carbons (Fsp3) is 0.550. The first-order valence-corrected chi connectivity index (χ1v) is 11.3. The molecule has 0 fully saturated rings. The summed E-state index contributed by atoms with van der Waals surface area (Å²) in [6.45, 7) is 6.65. The fourth-order valence-electron chi connectivity index (χ4n) is 3.49. The Morgan fingerprint density at radius 2 is 1.93 bits per heavy atom. The predicted octanol–water partition coefficient (Wildman–Crippen LogP) is 4.63. The van der Waals surface area contributed by atoms with Gasteiger partial charge in [-0.1, -0.05) is 11.3 Å². The Morgan fingerprint density at radius 3 is 2.68 bits per heavy atom. The quantitative estimate of drug-likeness (QED) is 0.770. The van der Waals surface area contributed by atoms with Crippen LogP contribution >= 0.6 is 22.7 Å². The summed E-state index contributed by atoms with van der Waals surface area (Å²) in [5.74, 6) is -0.0884. The first-order valence-electron chi connectivity index (χ1n) is 9.68. The minimum atomic E-state index is -0.510. The van der Waals surface area contributed by atoms with Crippen LogP contribution in [0, 0.1) is 0 Å². The van der Waals surface area contributed by atoms with Gasteiger partial charge in [-0.15, -0.1) is 11.3 Å². The van der Waals surface area contributed by atoms with Crippen LogP contribution < -0.4 is 5.32 Å². The average Bonchev–Trinajstić information content (AvgIpc) is 3.22. The molecule has 6 nitrogen and oxygen atoms in total. The maximum atomic E-state index is 12.7. The lowest BCUT2D eigenvalue weighted by molar-refractivity contribution is 0.0225. The number of nitrogens with zero attached hydrogens (tertiary/aromatic N) is 2. The van der Waals surface area contributed by atoms with Crippen LogP contribution in [0.5, 0.6) is 0 Å². The molecule has 2 aliphatic rings. The van der Waals surface area contributed by atoms with Crippen molar-refractivity contribution >= 4 is 39.8 Å². The summed E-state index contributed by atoms with van der Waals surface area (Å²) in [4.78, 5) is 34.4. The lowest BCUT2D eigenvalue weighted by Crippen LogP contribution is -2.39. The molecular formula is C20H25N3O3S2. The molecule has 1 N–H and O–H groups in total. The van der Waals surface area contributed by atoms with Crippen LogP contribution in [0.1, 0.15) is 64.3 Å². The van der Waals surface area contributed by atoms with Crippen LogP contribution in [0.15, 0.2) is 6.07 Å². The van der Waals surface area contributed by atoms with E-state index in [-0.39, 0.29) is 12.0 Å². The highest BCUT2D eigenvalue weighted by Crippen LogP contribution is 2.32. The molecule has 0 atom stereocenters. The van der Waals surface area contributed by atoms with Gasteiger partial charge in [-0.05, 0) is 58.1 Å². The monoisotopic (exact) mass is 419 g/mol. The Bertz CT molecular complexity index is 887. The maximum absolute atomic E-state index is 12.7. The van der Waals surface area contributed by atoms with Gasteiger partial charge >= 0.3 is 6.09 Å². The second kappa shape index (κ2) is 7.48. The molecule has 2 aromatic rings. The van der Waals surface area contributed by atoms with Gasteiger partial charge in [-0.2, -0.15) is 0 Å². The van der Waals surface area contributed by atoms with Crippen molar-refractivity contribution in [3.63, 3.8) is 0 Å². The predicted molar refractivity (Wildman–Crippen MR) is 111 cm³/mol. The summed E-state index contributed by atoms with van der Waals surface area (Å²) in [6.07, 6.45) is 4.94. The molecule has 3 heterocycles. The number of amides is 2. The van der Waals surface area contributed by atoms with Gasteiger partial charge in [0.05, 0.1) is 17.1 Å². The number of rotatable bonds is 2. The minimum Gasteiger partial charge on any atom is -0.444 e. The highest BCUT2D eigenvalue weighted by Gasteiger charge is 2.28.